The summed E-state index contributed by atoms with van der Waals surface area (Å²) in [6.07, 6.45) is -1.48. The van der Waals surface area contributed by atoms with Crippen LogP contribution < -0.4 is 0 Å². The molecule has 0 saturated heterocycles. The van der Waals surface area contributed by atoms with Gasteiger partial charge in [-0.3, -0.25) is 0 Å². The second-order valence-corrected chi connectivity index (χ2v) is 9.58. The van der Waals surface area contributed by atoms with E-state index in [2.05, 4.69) is 46.2 Å². The predicted octanol–water partition coefficient (Wildman–Crippen LogP) is 6.97. The monoisotopic (exact) mass is 455 g/mol. The fourth-order valence-electron chi connectivity index (χ4n) is 4.27. The van der Waals surface area contributed by atoms with Gasteiger partial charge < -0.3 is 0 Å². The molecular weight excluding hydrogens is 435 g/mol. The molecule has 2 aromatic rings. The fourth-order valence-corrected chi connectivity index (χ4v) is 6.18. The molecule has 1 unspecified atom stereocenters. The lowest BCUT2D eigenvalue weighted by molar-refractivity contribution is -0.137. The fraction of sp³-hybridized carbons (Fsp3) is 0.429. The SMILES string of the molecule is Cc1ccc(Br)c2c1C(N1C[C@@H](C)Cc3ccc(C(F)(F)F)cc3S1)CC2. The lowest BCUT2D eigenvalue weighted by Gasteiger charge is -2.29. The number of halogens is 4. The normalized spacial score (nSPS) is 23.0. The van der Waals surface area contributed by atoms with Crippen LogP contribution in [0.4, 0.5) is 13.2 Å². The number of aryl methyl sites for hydroxylation is 1. The molecule has 0 radical (unpaired) electrons. The molecule has 1 aliphatic carbocycles. The van der Waals surface area contributed by atoms with Gasteiger partial charge in [0.15, 0.2) is 0 Å². The van der Waals surface area contributed by atoms with Crippen molar-refractivity contribution in [1.82, 2.24) is 4.31 Å². The molecule has 144 valence electrons. The van der Waals surface area contributed by atoms with E-state index in [9.17, 15) is 13.2 Å². The Hall–Kier alpha value is -0.980. The minimum absolute atomic E-state index is 0.241. The molecular formula is C21H21BrF3NS. The molecule has 27 heavy (non-hydrogen) atoms. The third kappa shape index (κ3) is 3.68. The molecule has 4 rings (SSSR count). The summed E-state index contributed by atoms with van der Waals surface area (Å²) in [5, 5.41) is 0. The van der Waals surface area contributed by atoms with Gasteiger partial charge in [-0.25, -0.2) is 4.31 Å². The molecule has 0 amide bonds. The lowest BCUT2D eigenvalue weighted by Crippen LogP contribution is -2.25. The third-order valence-electron chi connectivity index (χ3n) is 5.54. The van der Waals surface area contributed by atoms with Crippen LogP contribution in [0.1, 0.15) is 47.2 Å². The molecule has 0 N–H and O–H groups in total. The molecule has 1 aliphatic heterocycles. The number of hydrogen-bond donors (Lipinski definition) is 0. The van der Waals surface area contributed by atoms with Crippen molar-refractivity contribution in [3.63, 3.8) is 0 Å². The summed E-state index contributed by atoms with van der Waals surface area (Å²) in [6.45, 7) is 5.19. The quantitative estimate of drug-likeness (QED) is 0.427. The van der Waals surface area contributed by atoms with Crippen molar-refractivity contribution in [2.45, 2.75) is 50.2 Å². The van der Waals surface area contributed by atoms with Crippen molar-refractivity contribution in [2.75, 3.05) is 6.54 Å². The van der Waals surface area contributed by atoms with Crippen LogP contribution in [0.3, 0.4) is 0 Å². The molecule has 2 atom stereocenters. The van der Waals surface area contributed by atoms with Gasteiger partial charge in [-0.05, 0) is 84.5 Å². The maximum atomic E-state index is 13.2. The van der Waals surface area contributed by atoms with Crippen molar-refractivity contribution in [3.8, 4) is 0 Å². The van der Waals surface area contributed by atoms with Gasteiger partial charge in [0.1, 0.15) is 0 Å². The molecule has 0 fully saturated rings. The van der Waals surface area contributed by atoms with Crippen molar-refractivity contribution < 1.29 is 13.2 Å². The van der Waals surface area contributed by atoms with Crippen molar-refractivity contribution >= 4 is 27.9 Å². The first-order valence-corrected chi connectivity index (χ1v) is 10.7. The Morgan fingerprint density at radius 1 is 1.19 bits per heavy atom. The standard InChI is InChI=1S/C21H21BrF3NS/c1-12-9-14-4-5-15(21(23,24)25)10-19(14)27-26(11-12)18-8-6-16-17(22)7-3-13(2)20(16)18/h3-5,7,10,12,18H,6,8-9,11H2,1-2H3/t12-,18?/m0/s1. The molecule has 0 saturated carbocycles. The van der Waals surface area contributed by atoms with E-state index in [0.29, 0.717) is 5.92 Å². The van der Waals surface area contributed by atoms with Crippen LogP contribution >= 0.6 is 27.9 Å². The highest BCUT2D eigenvalue weighted by molar-refractivity contribution is 9.10. The van der Waals surface area contributed by atoms with Gasteiger partial charge in [0.25, 0.3) is 0 Å². The van der Waals surface area contributed by atoms with Crippen molar-refractivity contribution in [2.24, 2.45) is 5.92 Å². The van der Waals surface area contributed by atoms with E-state index in [4.69, 9.17) is 0 Å². The Balaban J connectivity index is 1.72. The number of alkyl halides is 3. The summed E-state index contributed by atoms with van der Waals surface area (Å²) in [7, 11) is 0. The summed E-state index contributed by atoms with van der Waals surface area (Å²) >= 11 is 5.17. The highest BCUT2D eigenvalue weighted by Gasteiger charge is 2.35. The summed E-state index contributed by atoms with van der Waals surface area (Å²) in [5.41, 5.74) is 4.42. The van der Waals surface area contributed by atoms with Crippen LogP contribution in [0.5, 0.6) is 0 Å². The zero-order valence-corrected chi connectivity index (χ0v) is 17.6. The average Bonchev–Trinajstić information content (AvgIpc) is 2.97. The largest absolute Gasteiger partial charge is 0.416 e. The molecule has 1 heterocycles. The van der Waals surface area contributed by atoms with Crippen molar-refractivity contribution in [3.05, 3.63) is 62.6 Å². The van der Waals surface area contributed by atoms with E-state index >= 15 is 0 Å². The molecule has 0 spiro atoms. The number of rotatable bonds is 1. The number of benzene rings is 2. The zero-order valence-electron chi connectivity index (χ0n) is 15.2. The van der Waals surface area contributed by atoms with Gasteiger partial charge in [0.05, 0.1) is 5.56 Å². The van der Waals surface area contributed by atoms with Crippen LogP contribution in [0.25, 0.3) is 0 Å². The highest BCUT2D eigenvalue weighted by Crippen LogP contribution is 2.47. The maximum absolute atomic E-state index is 13.2. The van der Waals surface area contributed by atoms with Crippen LogP contribution in [0.2, 0.25) is 0 Å². The predicted molar refractivity (Wildman–Crippen MR) is 107 cm³/mol. The van der Waals surface area contributed by atoms with E-state index < -0.39 is 11.7 Å². The molecule has 6 heteroatoms. The van der Waals surface area contributed by atoms with Crippen molar-refractivity contribution in [1.29, 1.82) is 0 Å². The number of hydrogen-bond acceptors (Lipinski definition) is 2. The summed E-state index contributed by atoms with van der Waals surface area (Å²) in [4.78, 5) is 0.746. The average molecular weight is 456 g/mol. The third-order valence-corrected chi connectivity index (χ3v) is 7.49. The Labute approximate surface area is 170 Å². The second kappa shape index (κ2) is 7.12. The Morgan fingerprint density at radius 3 is 2.70 bits per heavy atom. The minimum atomic E-state index is -4.31. The topological polar surface area (TPSA) is 3.24 Å². The first-order valence-electron chi connectivity index (χ1n) is 9.16. The van der Waals surface area contributed by atoms with Gasteiger partial charge >= 0.3 is 6.18 Å². The van der Waals surface area contributed by atoms with Crippen LogP contribution in [-0.4, -0.2) is 10.8 Å². The van der Waals surface area contributed by atoms with Gasteiger partial charge in [0.2, 0.25) is 0 Å². The summed E-state index contributed by atoms with van der Waals surface area (Å²) < 4.78 is 43.1. The Kier molecular flexibility index (Phi) is 5.10. The van der Waals surface area contributed by atoms with E-state index in [0.717, 1.165) is 40.7 Å². The molecule has 1 nitrogen and oxygen atoms in total. The smallest absolute Gasteiger partial charge is 0.239 e. The van der Waals surface area contributed by atoms with E-state index in [1.807, 2.05) is 0 Å². The van der Waals surface area contributed by atoms with E-state index in [1.165, 1.54) is 40.8 Å². The van der Waals surface area contributed by atoms with E-state index in [-0.39, 0.29) is 6.04 Å². The van der Waals surface area contributed by atoms with Gasteiger partial charge in [-0.1, -0.05) is 35.0 Å². The van der Waals surface area contributed by atoms with Crippen LogP contribution in [0.15, 0.2) is 39.7 Å². The molecule has 2 aromatic carbocycles. The number of fused-ring (bicyclic) bond motifs is 2. The van der Waals surface area contributed by atoms with Gasteiger partial charge in [-0.2, -0.15) is 13.2 Å². The zero-order chi connectivity index (χ0) is 19.3. The van der Waals surface area contributed by atoms with Crippen LogP contribution in [-0.2, 0) is 19.0 Å². The number of nitrogens with zero attached hydrogens (tertiary/aromatic N) is 1. The first kappa shape index (κ1) is 19.3. The van der Waals surface area contributed by atoms with E-state index in [1.54, 1.807) is 6.07 Å². The summed E-state index contributed by atoms with van der Waals surface area (Å²) in [6, 6.07) is 8.67. The Bertz CT molecular complexity index is 880. The second-order valence-electron chi connectivity index (χ2n) is 7.63. The molecule has 2 aliphatic rings. The van der Waals surface area contributed by atoms with Gasteiger partial charge in [-0.15, -0.1) is 0 Å². The lowest BCUT2D eigenvalue weighted by atomic mass is 9.98. The Morgan fingerprint density at radius 2 is 1.96 bits per heavy atom. The highest BCUT2D eigenvalue weighted by atomic mass is 79.9. The van der Waals surface area contributed by atoms with Gasteiger partial charge in [0, 0.05) is 22.0 Å². The summed E-state index contributed by atoms with van der Waals surface area (Å²) in [5.74, 6) is 0.395. The van der Waals surface area contributed by atoms with Crippen LogP contribution in [0, 0.1) is 12.8 Å². The minimum Gasteiger partial charge on any atom is -0.239 e. The first-order chi connectivity index (χ1) is 12.7. The molecule has 0 bridgehead atoms. The molecule has 0 aromatic heterocycles. The maximum Gasteiger partial charge on any atom is 0.416 e.